The lowest BCUT2D eigenvalue weighted by molar-refractivity contribution is -0.141. The summed E-state index contributed by atoms with van der Waals surface area (Å²) in [5, 5.41) is 2.63. The summed E-state index contributed by atoms with van der Waals surface area (Å²) in [7, 11) is -3.92. The summed E-state index contributed by atoms with van der Waals surface area (Å²) in [6.07, 6.45) is 1.65. The number of carbonyl (C=O) groups is 3. The van der Waals surface area contributed by atoms with Gasteiger partial charge in [-0.15, -0.1) is 0 Å². The van der Waals surface area contributed by atoms with Crippen molar-refractivity contribution in [3.8, 4) is 0 Å². The summed E-state index contributed by atoms with van der Waals surface area (Å²) in [5.74, 6) is -2.67. The van der Waals surface area contributed by atoms with E-state index in [-0.39, 0.29) is 30.1 Å². The summed E-state index contributed by atoms with van der Waals surface area (Å²) in [6.45, 7) is 4.14. The first-order valence-corrected chi connectivity index (χ1v) is 13.3. The molecule has 1 aliphatic heterocycles. The minimum Gasteiger partial charge on any atom is -0.349 e. The van der Waals surface area contributed by atoms with Gasteiger partial charge in [0.15, 0.2) is 5.78 Å². The monoisotopic (exact) mass is 491 g/mol. The lowest BCUT2D eigenvalue weighted by Gasteiger charge is -2.22. The van der Waals surface area contributed by atoms with Crippen LogP contribution in [0.15, 0.2) is 41.3 Å². The van der Waals surface area contributed by atoms with Crippen LogP contribution in [0.4, 0.5) is 0 Å². The van der Waals surface area contributed by atoms with Crippen molar-refractivity contribution in [2.45, 2.75) is 56.9 Å². The zero-order valence-electron chi connectivity index (χ0n) is 18.7. The van der Waals surface area contributed by atoms with Crippen molar-refractivity contribution >= 4 is 39.0 Å². The fraction of sp³-hybridized carbons (Fsp3) is 0.478. The molecule has 33 heavy (non-hydrogen) atoms. The van der Waals surface area contributed by atoms with Crippen molar-refractivity contribution in [3.63, 3.8) is 0 Å². The number of fused-ring (bicyclic) bond motifs is 2. The molecule has 0 radical (unpaired) electrons. The van der Waals surface area contributed by atoms with Gasteiger partial charge < -0.3 is 5.32 Å². The molecule has 2 N–H and O–H groups in total. The molecule has 1 aromatic carbocycles. The maximum Gasteiger partial charge on any atom is 0.287 e. The molecule has 3 rings (SSSR count). The topological polar surface area (TPSA) is 122 Å². The van der Waals surface area contributed by atoms with Gasteiger partial charge in [-0.3, -0.25) is 14.4 Å². The molecule has 0 aliphatic carbocycles. The van der Waals surface area contributed by atoms with Crippen molar-refractivity contribution in [2.24, 2.45) is 11.8 Å². The minimum atomic E-state index is -3.92. The molecule has 1 amide bonds. The van der Waals surface area contributed by atoms with E-state index >= 15 is 0 Å². The van der Waals surface area contributed by atoms with E-state index in [0.29, 0.717) is 18.7 Å². The molecule has 10 heteroatoms. The molecule has 8 nitrogen and oxygen atoms in total. The van der Waals surface area contributed by atoms with Crippen molar-refractivity contribution in [3.05, 3.63) is 47.0 Å². The van der Waals surface area contributed by atoms with Crippen LogP contribution in [0.1, 0.15) is 43.7 Å². The number of sulfonamides is 1. The Kier molecular flexibility index (Phi) is 8.50. The summed E-state index contributed by atoms with van der Waals surface area (Å²) < 4.78 is 32.6. The second kappa shape index (κ2) is 11.1. The number of benzene rings is 1. The predicted molar refractivity (Wildman–Crippen MR) is 125 cm³/mol. The number of Topliss-reactive ketones (excluding diaryl/α,β-unsaturated/α-hetero) is 2. The summed E-state index contributed by atoms with van der Waals surface area (Å²) >= 11 is 1.36. The van der Waals surface area contributed by atoms with Gasteiger partial charge in [0.1, 0.15) is 0 Å². The van der Waals surface area contributed by atoms with Crippen molar-refractivity contribution in [1.29, 1.82) is 0 Å². The molecule has 1 aliphatic rings. The zero-order chi connectivity index (χ0) is 24.0. The molecule has 2 bridgehead atoms. The Hall–Kier alpha value is -2.43. The number of aryl methyl sites for hydroxylation is 1. The van der Waals surface area contributed by atoms with Crippen LogP contribution >= 0.6 is 11.5 Å². The molecule has 1 aromatic heterocycles. The number of nitrogens with zero attached hydrogens (tertiary/aromatic N) is 1. The highest BCUT2D eigenvalue weighted by molar-refractivity contribution is 7.89. The van der Waals surface area contributed by atoms with Gasteiger partial charge in [0.25, 0.3) is 5.91 Å². The van der Waals surface area contributed by atoms with Crippen LogP contribution in [-0.4, -0.2) is 42.9 Å². The van der Waals surface area contributed by atoms with Crippen molar-refractivity contribution < 1.29 is 22.8 Å². The first kappa shape index (κ1) is 25.2. The van der Waals surface area contributed by atoms with E-state index in [9.17, 15) is 22.8 Å². The normalized spacial score (nSPS) is 18.5. The molecule has 2 atom stereocenters. The third-order valence-corrected chi connectivity index (χ3v) is 7.81. The van der Waals surface area contributed by atoms with E-state index in [2.05, 4.69) is 14.4 Å². The highest BCUT2D eigenvalue weighted by Crippen LogP contribution is 2.21. The average molecular weight is 492 g/mol. The van der Waals surface area contributed by atoms with Crippen LogP contribution in [0.2, 0.25) is 0 Å². The molecule has 0 saturated carbocycles. The van der Waals surface area contributed by atoms with E-state index in [1.807, 2.05) is 19.9 Å². The molecule has 2 unspecified atom stereocenters. The molecule has 0 saturated heterocycles. The van der Waals surface area contributed by atoms with Gasteiger partial charge in [-0.25, -0.2) is 13.1 Å². The number of amides is 1. The highest BCUT2D eigenvalue weighted by atomic mass is 32.2. The number of hydrogen-bond acceptors (Lipinski definition) is 7. The largest absolute Gasteiger partial charge is 0.349 e. The lowest BCUT2D eigenvalue weighted by atomic mass is 9.88. The van der Waals surface area contributed by atoms with E-state index in [1.165, 1.54) is 23.7 Å². The number of nitrogens with one attached hydrogen (secondary N) is 2. The molecule has 2 aromatic rings. The summed E-state index contributed by atoms with van der Waals surface area (Å²) in [5.41, 5.74) is 0.668. The first-order valence-electron chi connectivity index (χ1n) is 11.0. The average Bonchev–Trinajstić information content (AvgIpc) is 3.21. The first-order chi connectivity index (χ1) is 15.7. The summed E-state index contributed by atoms with van der Waals surface area (Å²) in [4.78, 5) is 39.6. The van der Waals surface area contributed by atoms with Gasteiger partial charge in [-0.2, -0.15) is 4.37 Å². The number of hydrogen-bond donors (Lipinski definition) is 2. The molecular formula is C23H29N3O5S2. The Morgan fingerprint density at radius 3 is 2.67 bits per heavy atom. The van der Waals surface area contributed by atoms with Gasteiger partial charge in [-0.1, -0.05) is 32.0 Å². The van der Waals surface area contributed by atoms with Crippen LogP contribution in [0.5, 0.6) is 0 Å². The lowest BCUT2D eigenvalue weighted by Crippen LogP contribution is -2.44. The Balaban J connectivity index is 1.82. The van der Waals surface area contributed by atoms with Crippen LogP contribution < -0.4 is 10.0 Å². The Morgan fingerprint density at radius 1 is 1.24 bits per heavy atom. The fourth-order valence-corrected chi connectivity index (χ4v) is 5.81. The minimum absolute atomic E-state index is 0.0325. The quantitative estimate of drug-likeness (QED) is 0.547. The standard InChI is InChI=1S/C23H29N3O5S2/c1-15(2)11-20(26-33(30,31)19-8-4-3-5-9-19)21(27)13-16-12-17-14-18(32-25-17)7-6-10-24-23(29)22(16)28/h3-5,8-9,14-16,20,26H,6-7,10-13H2,1-2H3,(H,24,29). The Morgan fingerprint density at radius 2 is 1.97 bits per heavy atom. The van der Waals surface area contributed by atoms with Gasteiger partial charge in [0.05, 0.1) is 16.6 Å². The van der Waals surface area contributed by atoms with Gasteiger partial charge in [0.2, 0.25) is 15.8 Å². The van der Waals surface area contributed by atoms with Crippen LogP contribution in [-0.2, 0) is 37.2 Å². The number of carbonyl (C=O) groups excluding carboxylic acids is 3. The zero-order valence-corrected chi connectivity index (χ0v) is 20.4. The van der Waals surface area contributed by atoms with Gasteiger partial charge >= 0.3 is 0 Å². The molecule has 2 heterocycles. The number of ketones is 2. The molecule has 0 fully saturated rings. The smallest absolute Gasteiger partial charge is 0.287 e. The van der Waals surface area contributed by atoms with E-state index in [0.717, 1.165) is 11.3 Å². The predicted octanol–water partition coefficient (Wildman–Crippen LogP) is 2.29. The fourth-order valence-electron chi connectivity index (χ4n) is 3.77. The van der Waals surface area contributed by atoms with Gasteiger partial charge in [-0.05, 0) is 54.9 Å². The van der Waals surface area contributed by atoms with E-state index in [1.54, 1.807) is 18.2 Å². The van der Waals surface area contributed by atoms with Crippen LogP contribution in [0, 0.1) is 11.8 Å². The van der Waals surface area contributed by atoms with E-state index in [4.69, 9.17) is 0 Å². The SMILES string of the molecule is CC(C)CC(NS(=O)(=O)c1ccccc1)C(=O)CC1Cc2cc(sn2)CCCNC(=O)C1=O. The second-order valence-electron chi connectivity index (χ2n) is 8.70. The van der Waals surface area contributed by atoms with Crippen molar-refractivity contribution in [1.82, 2.24) is 14.4 Å². The van der Waals surface area contributed by atoms with Crippen LogP contribution in [0.3, 0.4) is 0 Å². The van der Waals surface area contributed by atoms with E-state index < -0.39 is 39.5 Å². The maximum atomic E-state index is 13.3. The highest BCUT2D eigenvalue weighted by Gasteiger charge is 2.33. The second-order valence-corrected chi connectivity index (χ2v) is 11.3. The molecule has 178 valence electrons. The maximum absolute atomic E-state index is 13.3. The Labute approximate surface area is 198 Å². The number of aromatic nitrogens is 1. The van der Waals surface area contributed by atoms with Crippen LogP contribution in [0.25, 0.3) is 0 Å². The summed E-state index contributed by atoms with van der Waals surface area (Å²) in [6, 6.07) is 8.74. The number of rotatable bonds is 8. The van der Waals surface area contributed by atoms with Crippen molar-refractivity contribution in [2.75, 3.05) is 6.54 Å². The molecule has 0 spiro atoms. The molecular weight excluding hydrogens is 462 g/mol. The van der Waals surface area contributed by atoms with Gasteiger partial charge in [0, 0.05) is 30.2 Å². The third kappa shape index (κ3) is 7.02. The Bertz CT molecular complexity index is 1100. The third-order valence-electron chi connectivity index (χ3n) is 5.44.